The van der Waals surface area contributed by atoms with Crippen LogP contribution in [0.1, 0.15) is 35.2 Å². The van der Waals surface area contributed by atoms with Gasteiger partial charge in [-0.1, -0.05) is 29.8 Å². The second-order valence-electron chi connectivity index (χ2n) is 8.12. The van der Waals surface area contributed by atoms with Gasteiger partial charge in [-0.2, -0.15) is 0 Å². The lowest BCUT2D eigenvalue weighted by molar-refractivity contribution is -0.123. The summed E-state index contributed by atoms with van der Waals surface area (Å²) in [6, 6.07) is 13.9. The van der Waals surface area contributed by atoms with Crippen LogP contribution in [-0.2, 0) is 9.59 Å². The van der Waals surface area contributed by atoms with Crippen LogP contribution in [0.5, 0.6) is 5.75 Å². The van der Waals surface area contributed by atoms with E-state index in [-0.39, 0.29) is 29.4 Å². The summed E-state index contributed by atoms with van der Waals surface area (Å²) in [4.78, 5) is 40.0. The number of ether oxygens (including phenoxy) is 1. The van der Waals surface area contributed by atoms with E-state index >= 15 is 0 Å². The Hall–Kier alpha value is -2.95. The van der Waals surface area contributed by atoms with Gasteiger partial charge in [0.25, 0.3) is 0 Å². The van der Waals surface area contributed by atoms with Crippen molar-refractivity contribution in [2.24, 2.45) is 23.7 Å². The minimum atomic E-state index is -0.508. The van der Waals surface area contributed by atoms with Gasteiger partial charge in [-0.15, -0.1) is 0 Å². The number of imide groups is 1. The molecule has 0 spiro atoms. The van der Waals surface area contributed by atoms with Gasteiger partial charge in [0.2, 0.25) is 11.8 Å². The van der Waals surface area contributed by atoms with Crippen LogP contribution < -0.4 is 9.64 Å². The molecule has 0 radical (unpaired) electrons. The molecule has 5 nitrogen and oxygen atoms in total. The number of para-hydroxylation sites is 2. The van der Waals surface area contributed by atoms with Gasteiger partial charge >= 0.3 is 5.97 Å². The van der Waals surface area contributed by atoms with E-state index in [2.05, 4.69) is 0 Å². The highest BCUT2D eigenvalue weighted by molar-refractivity contribution is 6.23. The van der Waals surface area contributed by atoms with Crippen molar-refractivity contribution in [2.75, 3.05) is 4.90 Å². The summed E-state index contributed by atoms with van der Waals surface area (Å²) in [5, 5.41) is 0. The summed E-state index contributed by atoms with van der Waals surface area (Å²) in [6.45, 7) is 1.94. The molecule has 2 aliphatic carbocycles. The van der Waals surface area contributed by atoms with E-state index < -0.39 is 5.97 Å². The molecule has 5 rings (SSSR count). The number of carbonyl (C=O) groups is 3. The normalized spacial score (nSPS) is 28.0. The molecule has 4 unspecified atom stereocenters. The van der Waals surface area contributed by atoms with Crippen molar-refractivity contribution in [3.8, 4) is 5.75 Å². The molecule has 2 saturated carbocycles. The van der Waals surface area contributed by atoms with Gasteiger partial charge in [0.05, 0.1) is 23.1 Å². The zero-order valence-corrected chi connectivity index (χ0v) is 15.6. The third kappa shape index (κ3) is 2.49. The number of amides is 2. The Morgan fingerprint density at radius 3 is 2.18 bits per heavy atom. The van der Waals surface area contributed by atoms with Crippen molar-refractivity contribution in [3.05, 3.63) is 59.7 Å². The molecule has 1 aliphatic heterocycles. The van der Waals surface area contributed by atoms with Gasteiger partial charge in [-0.25, -0.2) is 9.69 Å². The van der Waals surface area contributed by atoms with Gasteiger partial charge in [0.1, 0.15) is 0 Å². The van der Waals surface area contributed by atoms with Crippen LogP contribution in [0.25, 0.3) is 0 Å². The SMILES string of the molecule is Cc1ccc(C(=O)Oc2ccccc2N2C(=O)C3C4CCC(C4)C3C2=O)cc1. The van der Waals surface area contributed by atoms with Gasteiger partial charge in [0, 0.05) is 0 Å². The highest BCUT2D eigenvalue weighted by atomic mass is 16.5. The van der Waals surface area contributed by atoms with Crippen LogP contribution in [-0.4, -0.2) is 17.8 Å². The number of anilines is 1. The molecule has 5 heteroatoms. The van der Waals surface area contributed by atoms with E-state index in [9.17, 15) is 14.4 Å². The molecule has 142 valence electrons. The molecule has 4 atom stereocenters. The van der Waals surface area contributed by atoms with E-state index in [1.165, 1.54) is 4.90 Å². The summed E-state index contributed by atoms with van der Waals surface area (Å²) in [5.41, 5.74) is 1.84. The molecule has 2 aromatic rings. The number of aryl methyl sites for hydroxylation is 1. The first-order valence-electron chi connectivity index (χ1n) is 9.80. The lowest BCUT2D eigenvalue weighted by Gasteiger charge is -2.20. The van der Waals surface area contributed by atoms with Crippen LogP contribution in [0.2, 0.25) is 0 Å². The Morgan fingerprint density at radius 2 is 1.54 bits per heavy atom. The van der Waals surface area contributed by atoms with Crippen LogP contribution in [0.4, 0.5) is 5.69 Å². The lowest BCUT2D eigenvalue weighted by Crippen LogP contribution is -2.33. The summed E-state index contributed by atoms with van der Waals surface area (Å²) in [7, 11) is 0. The van der Waals surface area contributed by atoms with Crippen molar-refractivity contribution in [2.45, 2.75) is 26.2 Å². The van der Waals surface area contributed by atoms with Crippen LogP contribution in [0, 0.1) is 30.6 Å². The predicted molar refractivity (Wildman–Crippen MR) is 103 cm³/mol. The molecule has 3 aliphatic rings. The van der Waals surface area contributed by atoms with Gasteiger partial charge in [-0.05, 0) is 62.3 Å². The first kappa shape index (κ1) is 17.2. The number of hydrogen-bond donors (Lipinski definition) is 0. The smallest absolute Gasteiger partial charge is 0.343 e. The molecule has 0 aromatic heterocycles. The number of hydrogen-bond acceptors (Lipinski definition) is 4. The van der Waals surface area contributed by atoms with Crippen LogP contribution >= 0.6 is 0 Å². The molecule has 28 heavy (non-hydrogen) atoms. The fraction of sp³-hybridized carbons (Fsp3) is 0.348. The maximum absolute atomic E-state index is 13.1. The lowest BCUT2D eigenvalue weighted by atomic mass is 9.81. The molecule has 3 fully saturated rings. The molecule has 1 heterocycles. The van der Waals surface area contributed by atoms with E-state index in [0.29, 0.717) is 23.1 Å². The number of benzene rings is 2. The number of carbonyl (C=O) groups excluding carboxylic acids is 3. The fourth-order valence-electron chi connectivity index (χ4n) is 5.22. The first-order chi connectivity index (χ1) is 13.5. The Kier molecular flexibility index (Phi) is 3.86. The molecule has 2 amide bonds. The number of esters is 1. The maximum atomic E-state index is 13.1. The zero-order valence-electron chi connectivity index (χ0n) is 15.6. The molecular weight excluding hydrogens is 354 g/mol. The quantitative estimate of drug-likeness (QED) is 0.466. The average molecular weight is 375 g/mol. The van der Waals surface area contributed by atoms with Crippen molar-refractivity contribution in [3.63, 3.8) is 0 Å². The highest BCUT2D eigenvalue weighted by Crippen LogP contribution is 2.57. The Bertz CT molecular complexity index is 952. The highest BCUT2D eigenvalue weighted by Gasteiger charge is 2.61. The van der Waals surface area contributed by atoms with Crippen molar-refractivity contribution in [1.29, 1.82) is 0 Å². The molecule has 1 saturated heterocycles. The standard InChI is InChI=1S/C23H21NO4/c1-13-6-8-14(9-7-13)23(27)28-18-5-3-2-4-17(18)24-21(25)19-15-10-11-16(12-15)20(19)22(24)26/h2-9,15-16,19-20H,10-12H2,1H3. The predicted octanol–water partition coefficient (Wildman–Crippen LogP) is 3.75. The van der Waals surface area contributed by atoms with Gasteiger partial charge in [-0.3, -0.25) is 9.59 Å². The van der Waals surface area contributed by atoms with E-state index in [0.717, 1.165) is 24.8 Å². The second kappa shape index (κ2) is 6.30. The zero-order chi connectivity index (χ0) is 19.4. The topological polar surface area (TPSA) is 63.7 Å². The molecule has 0 N–H and O–H groups in total. The second-order valence-corrected chi connectivity index (χ2v) is 8.12. The van der Waals surface area contributed by atoms with E-state index in [1.54, 1.807) is 36.4 Å². The van der Waals surface area contributed by atoms with E-state index in [4.69, 9.17) is 4.74 Å². The summed E-state index contributed by atoms with van der Waals surface area (Å²) >= 11 is 0. The van der Waals surface area contributed by atoms with Crippen LogP contribution in [0.15, 0.2) is 48.5 Å². The summed E-state index contributed by atoms with van der Waals surface area (Å²) < 4.78 is 5.59. The Labute approximate surface area is 163 Å². The Morgan fingerprint density at radius 1 is 0.929 bits per heavy atom. The van der Waals surface area contributed by atoms with Crippen molar-refractivity contribution >= 4 is 23.5 Å². The molecule has 2 aromatic carbocycles. The first-order valence-corrected chi connectivity index (χ1v) is 9.80. The number of fused-ring (bicyclic) bond motifs is 5. The maximum Gasteiger partial charge on any atom is 0.343 e. The van der Waals surface area contributed by atoms with Crippen LogP contribution in [0.3, 0.4) is 0 Å². The third-order valence-corrected chi connectivity index (χ3v) is 6.52. The monoisotopic (exact) mass is 375 g/mol. The van der Waals surface area contributed by atoms with Crippen molar-refractivity contribution in [1.82, 2.24) is 0 Å². The van der Waals surface area contributed by atoms with Gasteiger partial charge in [0.15, 0.2) is 5.75 Å². The average Bonchev–Trinajstić information content (AvgIpc) is 3.37. The Balaban J connectivity index is 1.46. The summed E-state index contributed by atoms with van der Waals surface area (Å²) in [6.07, 6.45) is 3.05. The molecule has 2 bridgehead atoms. The largest absolute Gasteiger partial charge is 0.421 e. The number of nitrogens with zero attached hydrogens (tertiary/aromatic N) is 1. The molecular formula is C23H21NO4. The minimum Gasteiger partial charge on any atom is -0.421 e. The fourth-order valence-corrected chi connectivity index (χ4v) is 5.22. The summed E-state index contributed by atoms with van der Waals surface area (Å²) in [5.74, 6) is -0.312. The third-order valence-electron chi connectivity index (χ3n) is 6.52. The van der Waals surface area contributed by atoms with E-state index in [1.807, 2.05) is 19.1 Å². The van der Waals surface area contributed by atoms with Gasteiger partial charge < -0.3 is 4.74 Å². The minimum absolute atomic E-state index is 0.138. The number of rotatable bonds is 3. The van der Waals surface area contributed by atoms with Crippen molar-refractivity contribution < 1.29 is 19.1 Å².